The van der Waals surface area contributed by atoms with Crippen molar-refractivity contribution in [2.24, 2.45) is 0 Å². The summed E-state index contributed by atoms with van der Waals surface area (Å²) in [4.78, 5) is 21.7. The lowest BCUT2D eigenvalue weighted by molar-refractivity contribution is -0.119. The number of aryl methyl sites for hydroxylation is 1. The zero-order valence-electron chi connectivity index (χ0n) is 21.0. The second-order valence-electron chi connectivity index (χ2n) is 10.1. The Kier molecular flexibility index (Phi) is 6.99. The lowest BCUT2D eigenvalue weighted by atomic mass is 9.83. The van der Waals surface area contributed by atoms with Gasteiger partial charge in [0.25, 0.3) is 0 Å². The van der Waals surface area contributed by atoms with E-state index in [1.807, 2.05) is 26.0 Å². The van der Waals surface area contributed by atoms with Gasteiger partial charge in [-0.25, -0.2) is 4.98 Å². The molecule has 0 bridgehead atoms. The molecular formula is C28H33BrN6O. The minimum absolute atomic E-state index is 0.0255. The quantitative estimate of drug-likeness (QED) is 0.296. The third-order valence-corrected chi connectivity index (χ3v) is 7.93. The van der Waals surface area contributed by atoms with E-state index in [4.69, 9.17) is 4.98 Å². The molecule has 0 spiro atoms. The summed E-state index contributed by atoms with van der Waals surface area (Å²) in [6, 6.07) is 12.7. The number of nitrogens with one attached hydrogen (secondary N) is 4. The van der Waals surface area contributed by atoms with Crippen LogP contribution in [0, 0.1) is 0 Å². The monoisotopic (exact) mass is 548 g/mol. The summed E-state index contributed by atoms with van der Waals surface area (Å²) in [6.45, 7) is 8.82. The third kappa shape index (κ3) is 4.84. The second kappa shape index (κ2) is 10.2. The van der Waals surface area contributed by atoms with E-state index >= 15 is 0 Å². The molecule has 0 unspecified atom stereocenters. The highest BCUT2D eigenvalue weighted by Crippen LogP contribution is 2.40. The minimum Gasteiger partial charge on any atom is -0.365 e. The summed E-state index contributed by atoms with van der Waals surface area (Å²) in [5.74, 6) is 1.89. The number of anilines is 4. The Hall–Kier alpha value is -2.97. The number of carbonyl (C=O) groups is 1. The molecule has 0 atom stereocenters. The van der Waals surface area contributed by atoms with Gasteiger partial charge in [-0.3, -0.25) is 4.79 Å². The molecule has 7 nitrogen and oxygen atoms in total. The average Bonchev–Trinajstić information content (AvgIpc) is 3.13. The Morgan fingerprint density at radius 3 is 2.72 bits per heavy atom. The number of carbonyl (C=O) groups excluding carboxylic acids is 1. The van der Waals surface area contributed by atoms with Crippen LogP contribution in [0.3, 0.4) is 0 Å². The fraction of sp³-hybridized carbons (Fsp3) is 0.393. The lowest BCUT2D eigenvalue weighted by Gasteiger charge is -2.24. The van der Waals surface area contributed by atoms with Gasteiger partial charge in [0.1, 0.15) is 5.82 Å². The van der Waals surface area contributed by atoms with Crippen LogP contribution in [0.25, 0.3) is 0 Å². The van der Waals surface area contributed by atoms with Gasteiger partial charge in [-0.1, -0.05) is 31.2 Å². The van der Waals surface area contributed by atoms with Crippen molar-refractivity contribution in [2.75, 3.05) is 29.0 Å². The Morgan fingerprint density at radius 1 is 1.14 bits per heavy atom. The molecule has 2 aliphatic heterocycles. The maximum absolute atomic E-state index is 12.4. The summed E-state index contributed by atoms with van der Waals surface area (Å²) >= 11 is 3.58. The summed E-state index contributed by atoms with van der Waals surface area (Å²) in [5.41, 5.74) is 6.14. The van der Waals surface area contributed by atoms with Crippen molar-refractivity contribution < 1.29 is 4.79 Å². The molecule has 2 aliphatic rings. The maximum atomic E-state index is 12.4. The normalized spacial score (nSPS) is 16.9. The Labute approximate surface area is 221 Å². The van der Waals surface area contributed by atoms with E-state index in [9.17, 15) is 4.79 Å². The van der Waals surface area contributed by atoms with Crippen molar-refractivity contribution in [1.29, 1.82) is 0 Å². The molecule has 0 aliphatic carbocycles. The summed E-state index contributed by atoms with van der Waals surface area (Å²) < 4.78 is 0.783. The first-order valence-electron chi connectivity index (χ1n) is 12.7. The molecule has 3 heterocycles. The molecule has 1 saturated heterocycles. The average molecular weight is 550 g/mol. The highest BCUT2D eigenvalue weighted by atomic mass is 79.9. The van der Waals surface area contributed by atoms with Gasteiger partial charge in [0, 0.05) is 24.1 Å². The van der Waals surface area contributed by atoms with Gasteiger partial charge in [0.2, 0.25) is 11.9 Å². The molecule has 1 fully saturated rings. The van der Waals surface area contributed by atoms with E-state index in [0.717, 1.165) is 46.5 Å². The van der Waals surface area contributed by atoms with E-state index < -0.39 is 5.41 Å². The van der Waals surface area contributed by atoms with Crippen LogP contribution in [0.2, 0.25) is 0 Å². The largest absolute Gasteiger partial charge is 0.365 e. The van der Waals surface area contributed by atoms with Gasteiger partial charge in [0.15, 0.2) is 0 Å². The van der Waals surface area contributed by atoms with E-state index in [1.165, 1.54) is 24.0 Å². The number of hydrogen-bond donors (Lipinski definition) is 4. The first-order valence-corrected chi connectivity index (χ1v) is 13.5. The van der Waals surface area contributed by atoms with Crippen LogP contribution >= 0.6 is 15.9 Å². The van der Waals surface area contributed by atoms with Crippen LogP contribution < -0.4 is 21.3 Å². The Morgan fingerprint density at radius 2 is 1.94 bits per heavy atom. The molecule has 2 aromatic carbocycles. The maximum Gasteiger partial charge on any atom is 0.234 e. The summed E-state index contributed by atoms with van der Waals surface area (Å²) in [6.07, 6.45) is 5.07. The number of benzene rings is 2. The number of amides is 1. The Bertz CT molecular complexity index is 1290. The molecule has 188 valence electrons. The SMILES string of the molecule is CCc1cc(C2CCNCC2)ccc1Nc1ncc(Br)c(NCc2cccc3c2C(C)(C)C(=O)N3)n1. The molecule has 3 aromatic rings. The highest BCUT2D eigenvalue weighted by Gasteiger charge is 2.39. The topological polar surface area (TPSA) is 91.0 Å². The van der Waals surface area contributed by atoms with E-state index in [1.54, 1.807) is 6.20 Å². The number of piperidine rings is 1. The van der Waals surface area contributed by atoms with Gasteiger partial charge in [-0.2, -0.15) is 4.98 Å². The first kappa shape index (κ1) is 24.7. The van der Waals surface area contributed by atoms with Crippen LogP contribution in [0.1, 0.15) is 61.8 Å². The van der Waals surface area contributed by atoms with Crippen molar-refractivity contribution in [3.05, 3.63) is 69.3 Å². The molecule has 8 heteroatoms. The molecule has 1 aromatic heterocycles. The minimum atomic E-state index is -0.569. The fourth-order valence-corrected chi connectivity index (χ4v) is 5.60. The van der Waals surface area contributed by atoms with E-state index in [0.29, 0.717) is 24.2 Å². The van der Waals surface area contributed by atoms with Gasteiger partial charge in [-0.05, 0) is 102 Å². The zero-order valence-corrected chi connectivity index (χ0v) is 22.6. The molecule has 5 rings (SSSR count). The standard InChI is InChI=1S/C28H33BrN6O/c1-4-17-14-19(18-10-12-30-13-11-18)8-9-22(17)34-27-32-16-21(29)25(35-27)31-15-20-6-5-7-23-24(20)28(2,3)26(36)33-23/h5-9,14,16,18,30H,4,10-13,15H2,1-3H3,(H,33,36)(H2,31,32,34,35). The Balaban J connectivity index is 1.34. The van der Waals surface area contributed by atoms with Crippen molar-refractivity contribution in [3.8, 4) is 0 Å². The van der Waals surface area contributed by atoms with Crippen molar-refractivity contribution in [2.45, 2.75) is 57.9 Å². The summed E-state index contributed by atoms with van der Waals surface area (Å²) in [7, 11) is 0. The predicted molar refractivity (Wildman–Crippen MR) is 149 cm³/mol. The highest BCUT2D eigenvalue weighted by molar-refractivity contribution is 9.10. The fourth-order valence-electron chi connectivity index (χ4n) is 5.27. The van der Waals surface area contributed by atoms with E-state index in [2.05, 4.69) is 73.4 Å². The molecule has 0 radical (unpaired) electrons. The number of fused-ring (bicyclic) bond motifs is 1. The van der Waals surface area contributed by atoms with Crippen LogP contribution in [0.5, 0.6) is 0 Å². The van der Waals surface area contributed by atoms with Gasteiger partial charge < -0.3 is 21.3 Å². The molecule has 0 saturated carbocycles. The van der Waals surface area contributed by atoms with Gasteiger partial charge >= 0.3 is 0 Å². The predicted octanol–water partition coefficient (Wildman–Crippen LogP) is 5.85. The van der Waals surface area contributed by atoms with Crippen molar-refractivity contribution in [1.82, 2.24) is 15.3 Å². The molecule has 4 N–H and O–H groups in total. The van der Waals surface area contributed by atoms with Crippen molar-refractivity contribution >= 4 is 45.0 Å². The third-order valence-electron chi connectivity index (χ3n) is 7.35. The lowest BCUT2D eigenvalue weighted by Crippen LogP contribution is -2.28. The van der Waals surface area contributed by atoms with Crippen LogP contribution in [-0.4, -0.2) is 29.0 Å². The molecule has 36 heavy (non-hydrogen) atoms. The summed E-state index contributed by atoms with van der Waals surface area (Å²) in [5, 5.41) is 13.3. The smallest absolute Gasteiger partial charge is 0.234 e. The zero-order chi connectivity index (χ0) is 25.3. The molecular weight excluding hydrogens is 516 g/mol. The van der Waals surface area contributed by atoms with Gasteiger partial charge in [-0.15, -0.1) is 0 Å². The van der Waals surface area contributed by atoms with Gasteiger partial charge in [0.05, 0.1) is 9.89 Å². The van der Waals surface area contributed by atoms with Crippen LogP contribution in [0.15, 0.2) is 47.1 Å². The van der Waals surface area contributed by atoms with Crippen LogP contribution in [-0.2, 0) is 23.2 Å². The number of halogens is 1. The number of hydrogen-bond acceptors (Lipinski definition) is 6. The number of aromatic nitrogens is 2. The van der Waals surface area contributed by atoms with Crippen LogP contribution in [0.4, 0.5) is 23.1 Å². The van der Waals surface area contributed by atoms with E-state index in [-0.39, 0.29) is 5.91 Å². The van der Waals surface area contributed by atoms with Crippen molar-refractivity contribution in [3.63, 3.8) is 0 Å². The number of rotatable bonds is 7. The first-order chi connectivity index (χ1) is 17.4. The second-order valence-corrected chi connectivity index (χ2v) is 10.9. The molecule has 1 amide bonds. The number of nitrogens with zero attached hydrogens (tertiary/aromatic N) is 2.